The number of nitrogens with one attached hydrogen (secondary N) is 1. The number of rotatable bonds is 5. The van der Waals surface area contributed by atoms with Gasteiger partial charge < -0.3 is 10.4 Å². The molecule has 0 aliphatic heterocycles. The summed E-state index contributed by atoms with van der Waals surface area (Å²) in [6.45, 7) is 3.26. The van der Waals surface area contributed by atoms with Gasteiger partial charge in [0.15, 0.2) is 0 Å². The van der Waals surface area contributed by atoms with E-state index < -0.39 is 10.5 Å². The fraction of sp³-hybridized carbons (Fsp3) is 0.267. The van der Waals surface area contributed by atoms with E-state index in [4.69, 9.17) is 0 Å². The molecule has 0 saturated carbocycles. The van der Waals surface area contributed by atoms with Crippen LogP contribution >= 0.6 is 11.3 Å². The maximum Gasteiger partial charge on any atom is 0.272 e. The summed E-state index contributed by atoms with van der Waals surface area (Å²) in [5.74, 6) is -0.380. The summed E-state index contributed by atoms with van der Waals surface area (Å²) < 4.78 is 0. The average molecular weight is 320 g/mol. The van der Waals surface area contributed by atoms with Crippen molar-refractivity contribution in [3.8, 4) is 0 Å². The SMILES string of the molecule is Cc1cc(C(=O)NCC(C)(O)c2cccs2)ccc1[N+](=O)[O-]. The van der Waals surface area contributed by atoms with Crippen LogP contribution in [0.1, 0.15) is 27.7 Å². The Kier molecular flexibility index (Phi) is 4.58. The molecule has 0 saturated heterocycles. The van der Waals surface area contributed by atoms with Crippen molar-refractivity contribution in [3.05, 3.63) is 61.8 Å². The topological polar surface area (TPSA) is 92.5 Å². The van der Waals surface area contributed by atoms with Gasteiger partial charge in [-0.3, -0.25) is 14.9 Å². The molecule has 0 aliphatic carbocycles. The fourth-order valence-corrected chi connectivity index (χ4v) is 2.82. The third kappa shape index (κ3) is 3.49. The van der Waals surface area contributed by atoms with Gasteiger partial charge in [0, 0.05) is 22.1 Å². The Morgan fingerprint density at radius 2 is 2.18 bits per heavy atom. The minimum absolute atomic E-state index is 0.0258. The van der Waals surface area contributed by atoms with Crippen LogP contribution in [0.25, 0.3) is 0 Å². The monoisotopic (exact) mass is 320 g/mol. The number of carbonyl (C=O) groups is 1. The first-order valence-electron chi connectivity index (χ1n) is 6.61. The van der Waals surface area contributed by atoms with Crippen molar-refractivity contribution < 1.29 is 14.8 Å². The Bertz CT molecular complexity index is 696. The largest absolute Gasteiger partial charge is 0.383 e. The number of aryl methyl sites for hydroxylation is 1. The van der Waals surface area contributed by atoms with E-state index >= 15 is 0 Å². The Morgan fingerprint density at radius 3 is 2.73 bits per heavy atom. The van der Waals surface area contributed by atoms with Gasteiger partial charge in [-0.15, -0.1) is 11.3 Å². The van der Waals surface area contributed by atoms with E-state index in [-0.39, 0.29) is 18.1 Å². The van der Waals surface area contributed by atoms with Crippen LogP contribution in [0, 0.1) is 17.0 Å². The van der Waals surface area contributed by atoms with Gasteiger partial charge in [0.1, 0.15) is 5.60 Å². The lowest BCUT2D eigenvalue weighted by atomic mass is 10.0. The molecular weight excluding hydrogens is 304 g/mol. The summed E-state index contributed by atoms with van der Waals surface area (Å²) in [7, 11) is 0. The molecule has 6 nitrogen and oxygen atoms in total. The van der Waals surface area contributed by atoms with Crippen molar-refractivity contribution in [2.24, 2.45) is 0 Å². The van der Waals surface area contributed by atoms with E-state index in [1.54, 1.807) is 19.9 Å². The van der Waals surface area contributed by atoms with E-state index in [9.17, 15) is 20.0 Å². The minimum atomic E-state index is -1.15. The third-order valence-electron chi connectivity index (χ3n) is 3.30. The molecule has 1 heterocycles. The van der Waals surface area contributed by atoms with Crippen molar-refractivity contribution in [1.82, 2.24) is 5.32 Å². The Balaban J connectivity index is 2.07. The van der Waals surface area contributed by atoms with Crippen LogP contribution in [0.2, 0.25) is 0 Å². The number of carbonyl (C=O) groups excluding carboxylic acids is 1. The lowest BCUT2D eigenvalue weighted by Crippen LogP contribution is -2.38. The first-order valence-corrected chi connectivity index (χ1v) is 7.49. The average Bonchev–Trinajstić information content (AvgIpc) is 2.99. The van der Waals surface area contributed by atoms with E-state index in [2.05, 4.69) is 5.32 Å². The molecule has 22 heavy (non-hydrogen) atoms. The van der Waals surface area contributed by atoms with Crippen LogP contribution in [0.4, 0.5) is 5.69 Å². The number of benzene rings is 1. The number of nitro groups is 1. The summed E-state index contributed by atoms with van der Waals surface area (Å²) in [4.78, 5) is 23.1. The molecule has 0 aliphatic rings. The van der Waals surface area contributed by atoms with Crippen LogP contribution in [-0.4, -0.2) is 22.5 Å². The van der Waals surface area contributed by atoms with E-state index in [0.29, 0.717) is 11.1 Å². The summed E-state index contributed by atoms with van der Waals surface area (Å²) in [5.41, 5.74) is -0.436. The summed E-state index contributed by atoms with van der Waals surface area (Å²) in [5, 5.41) is 25.6. The van der Waals surface area contributed by atoms with Gasteiger partial charge in [-0.1, -0.05) is 6.07 Å². The highest BCUT2D eigenvalue weighted by Crippen LogP contribution is 2.24. The molecule has 0 radical (unpaired) electrons. The van der Waals surface area contributed by atoms with Crippen LogP contribution in [0.5, 0.6) is 0 Å². The second-order valence-corrected chi connectivity index (χ2v) is 6.14. The van der Waals surface area contributed by atoms with Crippen LogP contribution in [-0.2, 0) is 5.60 Å². The molecule has 1 unspecified atom stereocenters. The molecular formula is C15H16N2O4S. The maximum atomic E-state index is 12.1. The number of amides is 1. The van der Waals surface area contributed by atoms with Gasteiger partial charge in [0.05, 0.1) is 11.5 Å². The number of thiophene rings is 1. The predicted octanol–water partition coefficient (Wildman–Crippen LogP) is 2.60. The van der Waals surface area contributed by atoms with Crippen LogP contribution < -0.4 is 5.32 Å². The maximum absolute atomic E-state index is 12.1. The Hall–Kier alpha value is -2.25. The number of nitro benzene ring substituents is 1. The lowest BCUT2D eigenvalue weighted by molar-refractivity contribution is -0.385. The van der Waals surface area contributed by atoms with Crippen molar-refractivity contribution in [1.29, 1.82) is 0 Å². The highest BCUT2D eigenvalue weighted by atomic mass is 32.1. The van der Waals surface area contributed by atoms with E-state index in [1.807, 2.05) is 11.4 Å². The normalized spacial score (nSPS) is 13.4. The fourth-order valence-electron chi connectivity index (χ4n) is 2.03. The standard InChI is InChI=1S/C15H16N2O4S/c1-10-8-11(5-6-12(10)17(20)21)14(18)16-9-15(2,19)13-4-3-7-22-13/h3-8,19H,9H2,1-2H3,(H,16,18). The van der Waals surface area contributed by atoms with Gasteiger partial charge in [0.2, 0.25) is 0 Å². The molecule has 2 rings (SSSR count). The summed E-state index contributed by atoms with van der Waals surface area (Å²) in [6, 6.07) is 7.80. The predicted molar refractivity (Wildman–Crippen MR) is 84.1 cm³/mol. The third-order valence-corrected chi connectivity index (χ3v) is 4.42. The first kappa shape index (κ1) is 16.1. The second kappa shape index (κ2) is 6.25. The molecule has 0 spiro atoms. The molecule has 2 N–H and O–H groups in total. The van der Waals surface area contributed by atoms with Crippen LogP contribution in [0.15, 0.2) is 35.7 Å². The minimum Gasteiger partial charge on any atom is -0.383 e. The second-order valence-electron chi connectivity index (χ2n) is 5.19. The number of hydrogen-bond donors (Lipinski definition) is 2. The van der Waals surface area contributed by atoms with Crippen molar-refractivity contribution in [3.63, 3.8) is 0 Å². The molecule has 0 bridgehead atoms. The zero-order valence-electron chi connectivity index (χ0n) is 12.2. The van der Waals surface area contributed by atoms with Crippen molar-refractivity contribution in [2.45, 2.75) is 19.4 Å². The zero-order valence-corrected chi connectivity index (χ0v) is 13.0. The number of hydrogen-bond acceptors (Lipinski definition) is 5. The molecule has 1 aromatic heterocycles. The van der Waals surface area contributed by atoms with Gasteiger partial charge in [-0.2, -0.15) is 0 Å². The quantitative estimate of drug-likeness (QED) is 0.654. The van der Waals surface area contributed by atoms with Gasteiger partial charge >= 0.3 is 0 Å². The smallest absolute Gasteiger partial charge is 0.272 e. The number of aliphatic hydroxyl groups is 1. The highest BCUT2D eigenvalue weighted by molar-refractivity contribution is 7.10. The Labute approximate surface area is 131 Å². The van der Waals surface area contributed by atoms with Crippen molar-refractivity contribution in [2.75, 3.05) is 6.54 Å². The molecule has 116 valence electrons. The van der Waals surface area contributed by atoms with E-state index in [1.165, 1.54) is 29.5 Å². The molecule has 2 aromatic rings. The molecule has 1 amide bonds. The van der Waals surface area contributed by atoms with E-state index in [0.717, 1.165) is 4.88 Å². The lowest BCUT2D eigenvalue weighted by Gasteiger charge is -2.22. The van der Waals surface area contributed by atoms with Crippen LogP contribution in [0.3, 0.4) is 0 Å². The summed E-state index contributed by atoms with van der Waals surface area (Å²) in [6.07, 6.45) is 0. The van der Waals surface area contributed by atoms with Gasteiger partial charge in [0.25, 0.3) is 11.6 Å². The molecule has 7 heteroatoms. The number of nitrogens with zero attached hydrogens (tertiary/aromatic N) is 1. The zero-order chi connectivity index (χ0) is 16.3. The van der Waals surface area contributed by atoms with Crippen molar-refractivity contribution >= 4 is 22.9 Å². The Morgan fingerprint density at radius 1 is 1.45 bits per heavy atom. The highest BCUT2D eigenvalue weighted by Gasteiger charge is 2.25. The molecule has 0 fully saturated rings. The summed E-state index contributed by atoms with van der Waals surface area (Å²) >= 11 is 1.41. The molecule has 1 aromatic carbocycles. The van der Waals surface area contributed by atoms with Gasteiger partial charge in [-0.25, -0.2) is 0 Å². The first-order chi connectivity index (χ1) is 10.3. The molecule has 1 atom stereocenters. The van der Waals surface area contributed by atoms with Gasteiger partial charge in [-0.05, 0) is 37.4 Å².